The van der Waals surface area contributed by atoms with Crippen molar-refractivity contribution in [2.24, 2.45) is 11.8 Å². The Morgan fingerprint density at radius 1 is 0.905 bits per heavy atom. The molecule has 3 aliphatic heterocycles. The van der Waals surface area contributed by atoms with Crippen LogP contribution in [0, 0.1) is 11.8 Å². The first kappa shape index (κ1) is 13.8. The predicted octanol–water partition coefficient (Wildman–Crippen LogP) is 3.31. The number of hydrogen-bond donors (Lipinski definition) is 0. The first-order chi connectivity index (χ1) is 9.99. The standard InChI is InChI=1S/C14H10Cl3NO3/c15-5-3-7(17)8(4-6(5)16)18-13(19)11-9-1-2-10(21-9)12(11)14(18)20/h3-4,9-12H,1-2H2. The summed E-state index contributed by atoms with van der Waals surface area (Å²) in [6.07, 6.45) is 1.35. The van der Waals surface area contributed by atoms with Crippen LogP contribution in [0.5, 0.6) is 0 Å². The highest BCUT2D eigenvalue weighted by Crippen LogP contribution is 2.50. The zero-order valence-corrected chi connectivity index (χ0v) is 13.0. The molecule has 4 atom stereocenters. The zero-order valence-electron chi connectivity index (χ0n) is 10.7. The highest BCUT2D eigenvalue weighted by Gasteiger charge is 2.62. The Morgan fingerprint density at radius 3 is 2.00 bits per heavy atom. The van der Waals surface area contributed by atoms with E-state index in [1.165, 1.54) is 12.1 Å². The van der Waals surface area contributed by atoms with Gasteiger partial charge in [-0.2, -0.15) is 0 Å². The lowest BCUT2D eigenvalue weighted by atomic mass is 9.81. The fraction of sp³-hybridized carbons (Fsp3) is 0.429. The van der Waals surface area contributed by atoms with E-state index in [0.29, 0.717) is 5.69 Å². The molecule has 1 aromatic carbocycles. The van der Waals surface area contributed by atoms with Crippen molar-refractivity contribution < 1.29 is 14.3 Å². The number of benzene rings is 1. The molecule has 0 spiro atoms. The molecule has 0 N–H and O–H groups in total. The second kappa shape index (κ2) is 4.59. The lowest BCUT2D eigenvalue weighted by molar-refractivity contribution is -0.124. The first-order valence-corrected chi connectivity index (χ1v) is 7.80. The van der Waals surface area contributed by atoms with Gasteiger partial charge in [-0.15, -0.1) is 0 Å². The molecule has 4 rings (SSSR count). The minimum atomic E-state index is -0.387. The van der Waals surface area contributed by atoms with Gasteiger partial charge in [0.1, 0.15) is 0 Å². The van der Waals surface area contributed by atoms with Gasteiger partial charge in [0.05, 0.1) is 44.8 Å². The normalized spacial score (nSPS) is 34.0. The summed E-state index contributed by atoms with van der Waals surface area (Å²) in [6.45, 7) is 0. The molecule has 3 fully saturated rings. The third-order valence-electron chi connectivity index (χ3n) is 4.51. The first-order valence-electron chi connectivity index (χ1n) is 6.67. The van der Waals surface area contributed by atoms with E-state index in [2.05, 4.69) is 0 Å². The summed E-state index contributed by atoms with van der Waals surface area (Å²) in [4.78, 5) is 26.4. The van der Waals surface area contributed by atoms with Crippen molar-refractivity contribution in [2.45, 2.75) is 25.0 Å². The molecular formula is C14H10Cl3NO3. The smallest absolute Gasteiger partial charge is 0.240 e. The van der Waals surface area contributed by atoms with Crippen LogP contribution in [0.25, 0.3) is 0 Å². The maximum Gasteiger partial charge on any atom is 0.240 e. The lowest BCUT2D eigenvalue weighted by Crippen LogP contribution is -2.34. The highest BCUT2D eigenvalue weighted by atomic mass is 35.5. The highest BCUT2D eigenvalue weighted by molar-refractivity contribution is 6.44. The van der Waals surface area contributed by atoms with Crippen LogP contribution in [0.1, 0.15) is 12.8 Å². The minimum Gasteiger partial charge on any atom is -0.373 e. The van der Waals surface area contributed by atoms with Gasteiger partial charge in [-0.25, -0.2) is 4.90 Å². The Balaban J connectivity index is 1.79. The number of fused-ring (bicyclic) bond motifs is 5. The summed E-state index contributed by atoms with van der Waals surface area (Å²) < 4.78 is 5.69. The fourth-order valence-electron chi connectivity index (χ4n) is 3.63. The number of imide groups is 1. The number of rotatable bonds is 1. The van der Waals surface area contributed by atoms with Crippen LogP contribution in [-0.2, 0) is 14.3 Å². The molecule has 3 saturated heterocycles. The molecule has 0 aromatic heterocycles. The van der Waals surface area contributed by atoms with E-state index in [1.807, 2.05) is 0 Å². The van der Waals surface area contributed by atoms with Crippen LogP contribution >= 0.6 is 34.8 Å². The molecule has 0 saturated carbocycles. The van der Waals surface area contributed by atoms with E-state index in [9.17, 15) is 9.59 Å². The van der Waals surface area contributed by atoms with E-state index in [-0.39, 0.29) is 50.9 Å². The third kappa shape index (κ3) is 1.80. The summed E-state index contributed by atoms with van der Waals surface area (Å²) >= 11 is 18.0. The maximum atomic E-state index is 12.6. The van der Waals surface area contributed by atoms with Crippen molar-refractivity contribution in [3.05, 3.63) is 27.2 Å². The largest absolute Gasteiger partial charge is 0.373 e. The van der Waals surface area contributed by atoms with Crippen molar-refractivity contribution in [2.75, 3.05) is 4.90 Å². The van der Waals surface area contributed by atoms with Crippen molar-refractivity contribution >= 4 is 52.3 Å². The van der Waals surface area contributed by atoms with Crippen LogP contribution in [0.2, 0.25) is 15.1 Å². The number of halogens is 3. The monoisotopic (exact) mass is 345 g/mol. The second-order valence-electron chi connectivity index (χ2n) is 5.57. The van der Waals surface area contributed by atoms with Gasteiger partial charge >= 0.3 is 0 Å². The van der Waals surface area contributed by atoms with Gasteiger partial charge in [0, 0.05) is 0 Å². The molecule has 2 amide bonds. The van der Waals surface area contributed by atoms with E-state index >= 15 is 0 Å². The molecule has 7 heteroatoms. The number of hydrogen-bond acceptors (Lipinski definition) is 3. The second-order valence-corrected chi connectivity index (χ2v) is 6.79. The Morgan fingerprint density at radius 2 is 1.43 bits per heavy atom. The van der Waals surface area contributed by atoms with Crippen LogP contribution in [0.3, 0.4) is 0 Å². The molecule has 2 bridgehead atoms. The average Bonchev–Trinajstić information content (AvgIpc) is 3.09. The number of anilines is 1. The Kier molecular flexibility index (Phi) is 3.02. The topological polar surface area (TPSA) is 46.6 Å². The summed E-state index contributed by atoms with van der Waals surface area (Å²) in [5.41, 5.74) is 0.301. The molecule has 1 aromatic rings. The van der Waals surface area contributed by atoms with Gasteiger partial charge in [-0.1, -0.05) is 34.8 Å². The van der Waals surface area contributed by atoms with Gasteiger partial charge in [-0.3, -0.25) is 9.59 Å². The van der Waals surface area contributed by atoms with E-state index in [1.54, 1.807) is 0 Å². The fourth-order valence-corrected chi connectivity index (χ4v) is 4.26. The molecule has 4 nitrogen and oxygen atoms in total. The van der Waals surface area contributed by atoms with Gasteiger partial charge < -0.3 is 4.74 Å². The number of carbonyl (C=O) groups is 2. The van der Waals surface area contributed by atoms with Crippen molar-refractivity contribution in [3.8, 4) is 0 Å². The van der Waals surface area contributed by atoms with Crippen LogP contribution in [0.15, 0.2) is 12.1 Å². The quantitative estimate of drug-likeness (QED) is 0.579. The SMILES string of the molecule is O=C1C2C3CCC(O3)C2C(=O)N1c1cc(Cl)c(Cl)cc1Cl. The lowest BCUT2D eigenvalue weighted by Gasteiger charge is -2.19. The maximum absolute atomic E-state index is 12.6. The molecule has 4 unspecified atom stereocenters. The van der Waals surface area contributed by atoms with Crippen LogP contribution < -0.4 is 4.90 Å². The van der Waals surface area contributed by atoms with Crippen molar-refractivity contribution in [1.29, 1.82) is 0 Å². The number of ether oxygens (including phenoxy) is 1. The zero-order chi connectivity index (χ0) is 14.9. The van der Waals surface area contributed by atoms with Crippen molar-refractivity contribution in [1.82, 2.24) is 0 Å². The predicted molar refractivity (Wildman–Crippen MR) is 78.8 cm³/mol. The van der Waals surface area contributed by atoms with Crippen LogP contribution in [0.4, 0.5) is 5.69 Å². The number of amides is 2. The average molecular weight is 347 g/mol. The summed E-state index contributed by atoms with van der Waals surface area (Å²) in [6, 6.07) is 2.91. The molecule has 110 valence electrons. The molecule has 3 heterocycles. The van der Waals surface area contributed by atoms with Crippen molar-refractivity contribution in [3.63, 3.8) is 0 Å². The van der Waals surface area contributed by atoms with E-state index in [4.69, 9.17) is 39.5 Å². The summed E-state index contributed by atoms with van der Waals surface area (Å²) in [5, 5.41) is 0.778. The van der Waals surface area contributed by atoms with Gasteiger partial charge in [0.25, 0.3) is 0 Å². The Bertz CT molecular complexity index is 650. The molecular weight excluding hydrogens is 337 g/mol. The van der Waals surface area contributed by atoms with E-state index < -0.39 is 0 Å². The molecule has 3 aliphatic rings. The summed E-state index contributed by atoms with van der Waals surface area (Å²) in [7, 11) is 0. The molecule has 0 aliphatic carbocycles. The van der Waals surface area contributed by atoms with Crippen LogP contribution in [-0.4, -0.2) is 24.0 Å². The van der Waals surface area contributed by atoms with Gasteiger partial charge in [0.15, 0.2) is 0 Å². The van der Waals surface area contributed by atoms with Gasteiger partial charge in [-0.05, 0) is 25.0 Å². The summed E-state index contributed by atoms with van der Waals surface area (Å²) in [5.74, 6) is -1.28. The minimum absolute atomic E-state index is 0.150. The number of nitrogens with zero attached hydrogens (tertiary/aromatic N) is 1. The van der Waals surface area contributed by atoms with E-state index in [0.717, 1.165) is 17.7 Å². The Labute approximate surface area is 135 Å². The molecule has 0 radical (unpaired) electrons. The third-order valence-corrected chi connectivity index (χ3v) is 5.54. The number of carbonyl (C=O) groups excluding carboxylic acids is 2. The van der Waals surface area contributed by atoms with Gasteiger partial charge in [0.2, 0.25) is 11.8 Å². The molecule has 21 heavy (non-hydrogen) atoms. The Hall–Kier alpha value is -0.810.